The Labute approximate surface area is 264 Å². The molecule has 4 heterocycles. The Balaban J connectivity index is 1.37. The highest BCUT2D eigenvalue weighted by molar-refractivity contribution is 6.28. The monoisotopic (exact) mass is 633 g/mol. The largest absolute Gasteiger partial charge is 0.463 e. The number of aryl methyl sites for hydroxylation is 1. The Morgan fingerprint density at radius 2 is 1.56 bits per heavy atom. The predicted octanol–water partition coefficient (Wildman–Crippen LogP) is 3.92. The van der Waals surface area contributed by atoms with Gasteiger partial charge in [-0.3, -0.25) is 19.0 Å². The normalized spacial score (nSPS) is 22.1. The van der Waals surface area contributed by atoms with Crippen molar-refractivity contribution in [2.75, 3.05) is 24.6 Å². The van der Waals surface area contributed by atoms with Crippen molar-refractivity contribution in [2.24, 2.45) is 0 Å². The van der Waals surface area contributed by atoms with Crippen molar-refractivity contribution in [1.82, 2.24) is 19.5 Å². The highest BCUT2D eigenvalue weighted by Gasteiger charge is 2.52. The molecule has 4 aromatic rings. The van der Waals surface area contributed by atoms with Crippen molar-refractivity contribution >= 4 is 46.5 Å². The van der Waals surface area contributed by atoms with Crippen molar-refractivity contribution in [2.45, 2.75) is 57.6 Å². The number of rotatable bonds is 8. The van der Waals surface area contributed by atoms with Crippen molar-refractivity contribution in [3.05, 3.63) is 82.9 Å². The van der Waals surface area contributed by atoms with E-state index in [1.807, 2.05) is 18.2 Å². The number of aromatic nitrogens is 4. The molecule has 0 N–H and O–H groups in total. The standard InChI is InChI=1S/C32H32ClN5O7/c1-18-10-12-23(13-11-18)32(22-8-6-5-7-9-22)15-37(16-32)28-25-29(36-31(33)35-28)38(17-34-25)30-27(44-21(4)41)26(43-20(3)40)24(45-30)14-42-19(2)39/h5-13,17,24,26-27,30H,14-16H2,1-4H3/t24-,26?,27?,30-/m1/s1. The summed E-state index contributed by atoms with van der Waals surface area (Å²) in [4.78, 5) is 51.5. The number of hydrogen-bond donors (Lipinski definition) is 0. The lowest BCUT2D eigenvalue weighted by Crippen LogP contribution is -2.60. The molecule has 45 heavy (non-hydrogen) atoms. The minimum absolute atomic E-state index is 0.0122. The van der Waals surface area contributed by atoms with Gasteiger partial charge in [0.25, 0.3) is 0 Å². The van der Waals surface area contributed by atoms with E-state index in [0.29, 0.717) is 30.1 Å². The molecule has 2 aliphatic heterocycles. The number of nitrogens with zero attached hydrogens (tertiary/aromatic N) is 5. The molecule has 0 saturated carbocycles. The SMILES string of the molecule is CC(=O)OC[C@H]1O[C@@H](n2cnc3c(N4CC(c5ccccc5)(c5ccc(C)cc5)C4)nc(Cl)nc32)C(OC(C)=O)C1OC(C)=O. The fourth-order valence-corrected chi connectivity index (χ4v) is 6.28. The van der Waals surface area contributed by atoms with Crippen LogP contribution in [0.15, 0.2) is 60.9 Å². The maximum atomic E-state index is 12.2. The van der Waals surface area contributed by atoms with Crippen molar-refractivity contribution in [1.29, 1.82) is 0 Å². The van der Waals surface area contributed by atoms with E-state index >= 15 is 0 Å². The molecule has 2 aromatic heterocycles. The number of carbonyl (C=O) groups is 3. The summed E-state index contributed by atoms with van der Waals surface area (Å²) in [6.45, 7) is 6.78. The van der Waals surface area contributed by atoms with Crippen LogP contribution in [0.3, 0.4) is 0 Å². The van der Waals surface area contributed by atoms with Crippen LogP contribution in [0.25, 0.3) is 11.2 Å². The predicted molar refractivity (Wildman–Crippen MR) is 163 cm³/mol. The first-order chi connectivity index (χ1) is 21.6. The molecule has 0 radical (unpaired) electrons. The van der Waals surface area contributed by atoms with Gasteiger partial charge in [0, 0.05) is 33.9 Å². The molecule has 2 unspecified atom stereocenters. The Bertz CT molecular complexity index is 1740. The van der Waals surface area contributed by atoms with Crippen LogP contribution in [0.5, 0.6) is 0 Å². The van der Waals surface area contributed by atoms with Gasteiger partial charge in [0.1, 0.15) is 12.7 Å². The minimum Gasteiger partial charge on any atom is -0.463 e. The third-order valence-electron chi connectivity index (χ3n) is 8.14. The summed E-state index contributed by atoms with van der Waals surface area (Å²) in [5.74, 6) is -1.25. The molecule has 2 fully saturated rings. The fraction of sp³-hybridized carbons (Fsp3) is 0.375. The molecular weight excluding hydrogens is 602 g/mol. The number of carbonyl (C=O) groups excluding carboxylic acids is 3. The molecule has 13 heteroatoms. The second-order valence-corrected chi connectivity index (χ2v) is 11.7. The van der Waals surface area contributed by atoms with E-state index in [4.69, 9.17) is 30.5 Å². The van der Waals surface area contributed by atoms with Crippen LogP contribution in [0.4, 0.5) is 5.82 Å². The van der Waals surface area contributed by atoms with Gasteiger partial charge in [0.15, 0.2) is 35.4 Å². The molecule has 0 amide bonds. The lowest BCUT2D eigenvalue weighted by Gasteiger charge is -2.51. The zero-order valence-electron chi connectivity index (χ0n) is 25.2. The fourth-order valence-electron chi connectivity index (χ4n) is 6.12. The van der Waals surface area contributed by atoms with E-state index in [1.54, 1.807) is 4.57 Å². The van der Waals surface area contributed by atoms with Crippen LogP contribution >= 0.6 is 11.6 Å². The van der Waals surface area contributed by atoms with Crippen molar-refractivity contribution < 1.29 is 33.3 Å². The van der Waals surface area contributed by atoms with Gasteiger partial charge >= 0.3 is 17.9 Å². The van der Waals surface area contributed by atoms with Crippen LogP contribution in [0.2, 0.25) is 5.28 Å². The maximum Gasteiger partial charge on any atom is 0.303 e. The highest BCUT2D eigenvalue weighted by Crippen LogP contribution is 2.44. The van der Waals surface area contributed by atoms with Gasteiger partial charge in [-0.1, -0.05) is 60.2 Å². The van der Waals surface area contributed by atoms with Crippen LogP contribution in [0.1, 0.15) is 43.7 Å². The van der Waals surface area contributed by atoms with Crippen molar-refractivity contribution in [3.8, 4) is 0 Å². The van der Waals surface area contributed by atoms with E-state index in [1.165, 1.54) is 43.8 Å². The number of anilines is 1. The van der Waals surface area contributed by atoms with Gasteiger partial charge in [0.05, 0.1) is 11.7 Å². The molecule has 0 aliphatic carbocycles. The van der Waals surface area contributed by atoms with E-state index in [-0.39, 0.29) is 17.3 Å². The average molecular weight is 634 g/mol. The first kappa shape index (κ1) is 30.5. The number of hydrogen-bond acceptors (Lipinski definition) is 11. The second kappa shape index (κ2) is 12.1. The summed E-state index contributed by atoms with van der Waals surface area (Å²) >= 11 is 6.50. The molecule has 2 aliphatic rings. The molecule has 2 aromatic carbocycles. The molecule has 6 rings (SSSR count). The maximum absolute atomic E-state index is 12.2. The molecule has 234 valence electrons. The zero-order chi connectivity index (χ0) is 31.9. The smallest absolute Gasteiger partial charge is 0.303 e. The van der Waals surface area contributed by atoms with Crippen LogP contribution in [-0.4, -0.2) is 75.4 Å². The van der Waals surface area contributed by atoms with E-state index in [9.17, 15) is 14.4 Å². The Morgan fingerprint density at radius 1 is 0.911 bits per heavy atom. The molecule has 4 atom stereocenters. The van der Waals surface area contributed by atoms with Gasteiger partial charge < -0.3 is 23.8 Å². The Morgan fingerprint density at radius 3 is 2.20 bits per heavy atom. The van der Waals surface area contributed by atoms with Crippen LogP contribution in [0, 0.1) is 6.92 Å². The average Bonchev–Trinajstić information content (AvgIpc) is 3.53. The summed E-state index contributed by atoms with van der Waals surface area (Å²) in [5, 5.41) is -0.0122. The molecule has 0 bridgehead atoms. The zero-order valence-corrected chi connectivity index (χ0v) is 25.9. The van der Waals surface area contributed by atoms with Crippen LogP contribution < -0.4 is 4.90 Å². The molecule has 12 nitrogen and oxygen atoms in total. The summed E-state index contributed by atoms with van der Waals surface area (Å²) in [6, 6.07) is 18.9. The first-order valence-corrected chi connectivity index (χ1v) is 14.8. The van der Waals surface area contributed by atoms with E-state index in [2.05, 4.69) is 63.2 Å². The number of benzene rings is 2. The molecule has 2 saturated heterocycles. The summed E-state index contributed by atoms with van der Waals surface area (Å²) < 4.78 is 24.0. The highest BCUT2D eigenvalue weighted by atomic mass is 35.5. The number of ether oxygens (including phenoxy) is 4. The Hall–Kier alpha value is -4.55. The summed E-state index contributed by atoms with van der Waals surface area (Å²) in [7, 11) is 0. The van der Waals surface area contributed by atoms with Gasteiger partial charge in [-0.2, -0.15) is 9.97 Å². The van der Waals surface area contributed by atoms with E-state index < -0.39 is 42.4 Å². The van der Waals surface area contributed by atoms with E-state index in [0.717, 1.165) is 0 Å². The molecule has 0 spiro atoms. The lowest BCUT2D eigenvalue weighted by molar-refractivity contribution is -0.166. The second-order valence-electron chi connectivity index (χ2n) is 11.3. The van der Waals surface area contributed by atoms with Gasteiger partial charge in [-0.05, 0) is 29.7 Å². The summed E-state index contributed by atoms with van der Waals surface area (Å²) in [6.07, 6.45) is -2.64. The third kappa shape index (κ3) is 5.83. The lowest BCUT2D eigenvalue weighted by atomic mass is 9.68. The number of halogens is 1. The number of fused-ring (bicyclic) bond motifs is 1. The first-order valence-electron chi connectivity index (χ1n) is 14.5. The number of esters is 3. The van der Waals surface area contributed by atoms with Gasteiger partial charge in [-0.15, -0.1) is 0 Å². The summed E-state index contributed by atoms with van der Waals surface area (Å²) in [5.41, 5.74) is 4.07. The Kier molecular flexibility index (Phi) is 8.19. The van der Waals surface area contributed by atoms with Crippen LogP contribution in [-0.2, 0) is 38.7 Å². The van der Waals surface area contributed by atoms with Gasteiger partial charge in [0.2, 0.25) is 5.28 Å². The third-order valence-corrected chi connectivity index (χ3v) is 8.31. The minimum atomic E-state index is -1.10. The van der Waals surface area contributed by atoms with Gasteiger partial charge in [-0.25, -0.2) is 4.98 Å². The topological polar surface area (TPSA) is 135 Å². The quantitative estimate of drug-likeness (QED) is 0.159. The number of imidazole rings is 1. The van der Waals surface area contributed by atoms with Crippen molar-refractivity contribution in [3.63, 3.8) is 0 Å². The molecular formula is C32H32ClN5O7.